The standard InChI is InChI=1S/C16H21F2N5O/c1-23-14(15(17)18)12(9-19-23)16(24)20-13-8-11(21-22-13)7-10-5-3-2-4-6-10/h8-10,15H,2-7H2,1H3,(H2,20,21,22,24). The van der Waals surface area contributed by atoms with Gasteiger partial charge in [0.2, 0.25) is 0 Å². The fourth-order valence-electron chi connectivity index (χ4n) is 3.30. The van der Waals surface area contributed by atoms with Gasteiger partial charge in [0.15, 0.2) is 5.82 Å². The number of aromatic amines is 1. The van der Waals surface area contributed by atoms with Crippen LogP contribution in [0.1, 0.15) is 60.3 Å². The summed E-state index contributed by atoms with van der Waals surface area (Å²) < 4.78 is 27.1. The molecule has 0 radical (unpaired) electrons. The summed E-state index contributed by atoms with van der Waals surface area (Å²) in [5.41, 5.74) is 0.423. The molecule has 0 atom stereocenters. The molecule has 2 N–H and O–H groups in total. The zero-order valence-electron chi connectivity index (χ0n) is 13.6. The molecular weight excluding hydrogens is 316 g/mol. The molecule has 0 unspecified atom stereocenters. The van der Waals surface area contributed by atoms with Crippen molar-refractivity contribution < 1.29 is 13.6 Å². The van der Waals surface area contributed by atoms with Gasteiger partial charge < -0.3 is 5.32 Å². The Morgan fingerprint density at radius 2 is 2.17 bits per heavy atom. The van der Waals surface area contributed by atoms with Gasteiger partial charge in [-0.3, -0.25) is 14.6 Å². The molecule has 2 aromatic heterocycles. The van der Waals surface area contributed by atoms with E-state index in [1.165, 1.54) is 39.2 Å². The van der Waals surface area contributed by atoms with Gasteiger partial charge in [0, 0.05) is 18.8 Å². The van der Waals surface area contributed by atoms with Crippen molar-refractivity contribution in [2.75, 3.05) is 5.32 Å². The molecule has 8 heteroatoms. The molecule has 1 aliphatic rings. The molecule has 0 saturated heterocycles. The monoisotopic (exact) mass is 337 g/mol. The van der Waals surface area contributed by atoms with Crippen LogP contribution in [0.4, 0.5) is 14.6 Å². The Morgan fingerprint density at radius 1 is 1.42 bits per heavy atom. The Bertz CT molecular complexity index is 703. The van der Waals surface area contributed by atoms with Gasteiger partial charge in [-0.1, -0.05) is 32.1 Å². The highest BCUT2D eigenvalue weighted by atomic mass is 19.3. The molecular formula is C16H21F2N5O. The predicted molar refractivity (Wildman–Crippen MR) is 85.0 cm³/mol. The summed E-state index contributed by atoms with van der Waals surface area (Å²) in [6.45, 7) is 0. The van der Waals surface area contributed by atoms with E-state index in [9.17, 15) is 13.6 Å². The molecule has 2 heterocycles. The number of alkyl halides is 2. The molecule has 2 aromatic rings. The van der Waals surface area contributed by atoms with Gasteiger partial charge in [0.25, 0.3) is 12.3 Å². The van der Waals surface area contributed by atoms with Gasteiger partial charge >= 0.3 is 0 Å². The van der Waals surface area contributed by atoms with E-state index in [1.54, 1.807) is 6.07 Å². The van der Waals surface area contributed by atoms with Crippen molar-refractivity contribution in [3.8, 4) is 0 Å². The van der Waals surface area contributed by atoms with Crippen LogP contribution in [0.15, 0.2) is 12.3 Å². The van der Waals surface area contributed by atoms with E-state index >= 15 is 0 Å². The minimum atomic E-state index is -2.76. The van der Waals surface area contributed by atoms with E-state index in [2.05, 4.69) is 20.6 Å². The number of halogens is 2. The van der Waals surface area contributed by atoms with E-state index in [4.69, 9.17) is 0 Å². The summed E-state index contributed by atoms with van der Waals surface area (Å²) in [6.07, 6.45) is 5.55. The molecule has 0 aromatic carbocycles. The van der Waals surface area contributed by atoms with Gasteiger partial charge in [0.05, 0.1) is 11.8 Å². The molecule has 1 amide bonds. The normalized spacial score (nSPS) is 15.8. The highest BCUT2D eigenvalue weighted by Gasteiger charge is 2.24. The van der Waals surface area contributed by atoms with Crippen molar-refractivity contribution in [2.45, 2.75) is 45.0 Å². The number of hydrogen-bond donors (Lipinski definition) is 2. The fourth-order valence-corrected chi connectivity index (χ4v) is 3.30. The van der Waals surface area contributed by atoms with Gasteiger partial charge in [-0.15, -0.1) is 0 Å². The molecule has 6 nitrogen and oxygen atoms in total. The molecule has 0 bridgehead atoms. The minimum absolute atomic E-state index is 0.135. The summed E-state index contributed by atoms with van der Waals surface area (Å²) in [7, 11) is 1.38. The number of anilines is 1. The Labute approximate surface area is 138 Å². The molecule has 1 fully saturated rings. The summed E-state index contributed by atoms with van der Waals surface area (Å²) in [5.74, 6) is 0.357. The topological polar surface area (TPSA) is 75.6 Å². The highest BCUT2D eigenvalue weighted by Crippen LogP contribution is 2.27. The van der Waals surface area contributed by atoms with Crippen LogP contribution in [0.3, 0.4) is 0 Å². The molecule has 1 saturated carbocycles. The lowest BCUT2D eigenvalue weighted by Crippen LogP contribution is -2.14. The molecule has 24 heavy (non-hydrogen) atoms. The maximum atomic E-state index is 13.0. The second-order valence-electron chi connectivity index (χ2n) is 6.31. The van der Waals surface area contributed by atoms with E-state index in [-0.39, 0.29) is 5.56 Å². The number of nitrogens with zero attached hydrogens (tertiary/aromatic N) is 3. The van der Waals surface area contributed by atoms with Gasteiger partial charge in [-0.2, -0.15) is 10.2 Å². The Hall–Kier alpha value is -2.25. The molecule has 1 aliphatic carbocycles. The van der Waals surface area contributed by atoms with Crippen molar-refractivity contribution in [1.29, 1.82) is 0 Å². The fraction of sp³-hybridized carbons (Fsp3) is 0.562. The second kappa shape index (κ2) is 7.11. The SMILES string of the molecule is Cn1ncc(C(=O)Nc2cc(CC3CCCCC3)[nH]n2)c1C(F)F. The number of aryl methyl sites for hydroxylation is 1. The Balaban J connectivity index is 1.65. The third-order valence-corrected chi connectivity index (χ3v) is 4.54. The summed E-state index contributed by atoms with van der Waals surface area (Å²) >= 11 is 0. The van der Waals surface area contributed by atoms with Gasteiger partial charge in [0.1, 0.15) is 5.69 Å². The first-order valence-electron chi connectivity index (χ1n) is 8.20. The summed E-state index contributed by atoms with van der Waals surface area (Å²) in [6, 6.07) is 1.77. The van der Waals surface area contributed by atoms with Crippen LogP contribution in [-0.4, -0.2) is 25.9 Å². The smallest absolute Gasteiger partial charge is 0.280 e. The second-order valence-corrected chi connectivity index (χ2v) is 6.31. The van der Waals surface area contributed by atoms with E-state index in [1.807, 2.05) is 0 Å². The number of carbonyl (C=O) groups is 1. The maximum absolute atomic E-state index is 13.0. The maximum Gasteiger partial charge on any atom is 0.280 e. The average Bonchev–Trinajstić information content (AvgIpc) is 3.15. The first kappa shape index (κ1) is 16.6. The molecule has 3 rings (SSSR count). The third kappa shape index (κ3) is 3.63. The number of aromatic nitrogens is 4. The van der Waals surface area contributed by atoms with Gasteiger partial charge in [-0.25, -0.2) is 8.78 Å². The summed E-state index contributed by atoms with van der Waals surface area (Å²) in [4.78, 5) is 12.2. The number of nitrogens with one attached hydrogen (secondary N) is 2. The highest BCUT2D eigenvalue weighted by molar-refractivity contribution is 6.04. The zero-order valence-corrected chi connectivity index (χ0v) is 13.6. The van der Waals surface area contributed by atoms with Crippen molar-refractivity contribution in [3.05, 3.63) is 29.2 Å². The van der Waals surface area contributed by atoms with E-state index in [0.29, 0.717) is 11.7 Å². The van der Waals surface area contributed by atoms with Crippen molar-refractivity contribution >= 4 is 11.7 Å². The van der Waals surface area contributed by atoms with Crippen LogP contribution in [0.25, 0.3) is 0 Å². The number of H-pyrrole nitrogens is 1. The molecule has 130 valence electrons. The number of amides is 1. The minimum Gasteiger partial charge on any atom is -0.305 e. The lowest BCUT2D eigenvalue weighted by atomic mass is 9.86. The van der Waals surface area contributed by atoms with Crippen LogP contribution in [0.5, 0.6) is 0 Å². The van der Waals surface area contributed by atoms with Crippen molar-refractivity contribution in [1.82, 2.24) is 20.0 Å². The average molecular weight is 337 g/mol. The molecule has 0 spiro atoms. The van der Waals surface area contributed by atoms with Crippen LogP contribution in [0, 0.1) is 5.92 Å². The van der Waals surface area contributed by atoms with Crippen LogP contribution >= 0.6 is 0 Å². The molecule has 0 aliphatic heterocycles. The first-order chi connectivity index (χ1) is 11.5. The number of carbonyl (C=O) groups excluding carboxylic acids is 1. The Morgan fingerprint density at radius 3 is 2.88 bits per heavy atom. The lowest BCUT2D eigenvalue weighted by Gasteiger charge is -2.20. The quantitative estimate of drug-likeness (QED) is 0.877. The van der Waals surface area contributed by atoms with E-state index < -0.39 is 18.0 Å². The van der Waals surface area contributed by atoms with Crippen molar-refractivity contribution in [3.63, 3.8) is 0 Å². The van der Waals surface area contributed by atoms with Crippen LogP contribution in [-0.2, 0) is 13.5 Å². The predicted octanol–water partition coefficient (Wildman–Crippen LogP) is 3.46. The number of hydrogen-bond acceptors (Lipinski definition) is 3. The lowest BCUT2D eigenvalue weighted by molar-refractivity contribution is 0.100. The van der Waals surface area contributed by atoms with Crippen LogP contribution < -0.4 is 5.32 Å². The first-order valence-corrected chi connectivity index (χ1v) is 8.20. The Kier molecular flexibility index (Phi) is 4.92. The third-order valence-electron chi connectivity index (χ3n) is 4.54. The summed E-state index contributed by atoms with van der Waals surface area (Å²) in [5, 5.41) is 13.3. The van der Waals surface area contributed by atoms with Gasteiger partial charge in [-0.05, 0) is 12.3 Å². The zero-order chi connectivity index (χ0) is 17.1. The van der Waals surface area contributed by atoms with Crippen LogP contribution in [0.2, 0.25) is 0 Å². The number of rotatable bonds is 5. The van der Waals surface area contributed by atoms with E-state index in [0.717, 1.165) is 23.0 Å². The largest absolute Gasteiger partial charge is 0.305 e. The van der Waals surface area contributed by atoms with Crippen molar-refractivity contribution in [2.24, 2.45) is 13.0 Å².